The number of aromatic hydroxyl groups is 1. The number of methoxy groups -OCH3 is 1. The Kier molecular flexibility index (Phi) is 4.67. The van der Waals surface area contributed by atoms with Crippen LogP contribution in [0, 0.1) is 6.92 Å². The molecule has 3 aromatic rings. The summed E-state index contributed by atoms with van der Waals surface area (Å²) in [5.74, 6) is -0.0797. The fraction of sp³-hybridized carbons (Fsp3) is 0.176. The largest absolute Gasteiger partial charge is 0.506 e. The van der Waals surface area contributed by atoms with Gasteiger partial charge in [-0.2, -0.15) is 0 Å². The first-order chi connectivity index (χ1) is 12.0. The number of esters is 1. The molecule has 3 rings (SSSR count). The van der Waals surface area contributed by atoms with Gasteiger partial charge in [0.05, 0.1) is 24.2 Å². The maximum Gasteiger partial charge on any atom is 0.311 e. The number of phenols is 1. The Morgan fingerprint density at radius 3 is 2.88 bits per heavy atom. The molecule has 0 unspecified atom stereocenters. The molecule has 0 bridgehead atoms. The second-order valence-corrected chi connectivity index (χ2v) is 5.84. The first-order valence-corrected chi connectivity index (χ1v) is 7.80. The van der Waals surface area contributed by atoms with Crippen LogP contribution < -0.4 is 0 Å². The second-order valence-electron chi connectivity index (χ2n) is 5.40. The third-order valence-corrected chi connectivity index (χ3v) is 3.77. The Labute approximate surface area is 148 Å². The average Bonchev–Trinajstić information content (AvgIpc) is 2.92. The number of hydrogen-bond acceptors (Lipinski definition) is 6. The minimum absolute atomic E-state index is 0.00993. The third-order valence-electron chi connectivity index (χ3n) is 3.55. The quantitative estimate of drug-likeness (QED) is 0.561. The number of ether oxygens (including phenoxy) is 1. The van der Waals surface area contributed by atoms with Crippen LogP contribution in [0.25, 0.3) is 5.65 Å². The molecule has 1 aromatic carbocycles. The molecule has 0 saturated carbocycles. The number of azo groups is 1. The predicted molar refractivity (Wildman–Crippen MR) is 92.9 cm³/mol. The highest BCUT2D eigenvalue weighted by molar-refractivity contribution is 6.30. The number of fused-ring (bicyclic) bond motifs is 1. The molecular weight excluding hydrogens is 344 g/mol. The summed E-state index contributed by atoms with van der Waals surface area (Å²) < 4.78 is 6.34. The first-order valence-electron chi connectivity index (χ1n) is 7.42. The number of hydrogen-bond donors (Lipinski definition) is 1. The molecule has 0 spiro atoms. The number of benzene rings is 1. The summed E-state index contributed by atoms with van der Waals surface area (Å²) in [7, 11) is 1.31. The number of carbonyl (C=O) groups is 1. The van der Waals surface area contributed by atoms with Gasteiger partial charge in [0, 0.05) is 6.20 Å². The van der Waals surface area contributed by atoms with Crippen LogP contribution in [0.15, 0.2) is 46.8 Å². The lowest BCUT2D eigenvalue weighted by atomic mass is 10.2. The van der Waals surface area contributed by atoms with Gasteiger partial charge in [0.25, 0.3) is 0 Å². The summed E-state index contributed by atoms with van der Waals surface area (Å²) in [5.41, 5.74) is 2.24. The van der Waals surface area contributed by atoms with Gasteiger partial charge in [0.2, 0.25) is 0 Å². The number of aromatic nitrogens is 2. The zero-order valence-electron chi connectivity index (χ0n) is 13.6. The van der Waals surface area contributed by atoms with Gasteiger partial charge >= 0.3 is 5.97 Å². The van der Waals surface area contributed by atoms with Crippen LogP contribution in [-0.2, 0) is 16.0 Å². The lowest BCUT2D eigenvalue weighted by Gasteiger charge is -2.01. The molecule has 0 amide bonds. The number of nitrogens with zero attached hydrogens (tertiary/aromatic N) is 4. The number of imidazole rings is 1. The maximum absolute atomic E-state index is 11.6. The molecule has 0 atom stereocenters. The van der Waals surface area contributed by atoms with Crippen molar-refractivity contribution in [1.29, 1.82) is 0 Å². The van der Waals surface area contributed by atoms with Crippen molar-refractivity contribution in [2.45, 2.75) is 13.3 Å². The molecule has 2 heterocycles. The smallest absolute Gasteiger partial charge is 0.311 e. The van der Waals surface area contributed by atoms with E-state index in [1.165, 1.54) is 7.11 Å². The van der Waals surface area contributed by atoms with Crippen LogP contribution >= 0.6 is 11.6 Å². The van der Waals surface area contributed by atoms with E-state index >= 15 is 0 Å². The monoisotopic (exact) mass is 358 g/mol. The van der Waals surface area contributed by atoms with Gasteiger partial charge in [0.1, 0.15) is 17.1 Å². The highest BCUT2D eigenvalue weighted by Gasteiger charge is 2.16. The van der Waals surface area contributed by atoms with Crippen LogP contribution in [0.3, 0.4) is 0 Å². The minimum Gasteiger partial charge on any atom is -0.506 e. The average molecular weight is 359 g/mol. The van der Waals surface area contributed by atoms with E-state index < -0.39 is 5.97 Å². The first kappa shape index (κ1) is 16.9. The van der Waals surface area contributed by atoms with Gasteiger partial charge in [-0.05, 0) is 36.8 Å². The highest BCUT2D eigenvalue weighted by Crippen LogP contribution is 2.31. The van der Waals surface area contributed by atoms with Gasteiger partial charge in [-0.25, -0.2) is 4.98 Å². The van der Waals surface area contributed by atoms with E-state index in [9.17, 15) is 9.90 Å². The van der Waals surface area contributed by atoms with Gasteiger partial charge in [-0.3, -0.25) is 9.20 Å². The lowest BCUT2D eigenvalue weighted by molar-refractivity contribution is -0.139. The highest BCUT2D eigenvalue weighted by atomic mass is 35.5. The van der Waals surface area contributed by atoms with Crippen LogP contribution in [0.2, 0.25) is 5.02 Å². The van der Waals surface area contributed by atoms with Crippen molar-refractivity contribution in [3.8, 4) is 5.75 Å². The van der Waals surface area contributed by atoms with Crippen molar-refractivity contribution in [3.05, 3.63) is 52.8 Å². The van der Waals surface area contributed by atoms with E-state index in [1.807, 2.05) is 6.92 Å². The van der Waals surface area contributed by atoms with Crippen molar-refractivity contribution >= 4 is 34.7 Å². The van der Waals surface area contributed by atoms with E-state index in [4.69, 9.17) is 16.3 Å². The van der Waals surface area contributed by atoms with Crippen LogP contribution in [0.4, 0.5) is 11.5 Å². The standard InChI is InChI=1S/C17H15ClN4O3/c1-10-3-5-14(23)12(7-10)20-21-17-13(8-16(24)25-2)19-15-6-4-11(18)9-22(15)17/h3-7,9,23H,8H2,1-2H3. The molecule has 7 nitrogen and oxygen atoms in total. The van der Waals surface area contributed by atoms with E-state index in [2.05, 4.69) is 15.2 Å². The Morgan fingerprint density at radius 1 is 1.32 bits per heavy atom. The molecule has 0 fully saturated rings. The summed E-state index contributed by atoms with van der Waals surface area (Å²) in [5, 5.41) is 18.7. The topological polar surface area (TPSA) is 88.5 Å². The van der Waals surface area contributed by atoms with Crippen molar-refractivity contribution in [1.82, 2.24) is 9.38 Å². The van der Waals surface area contributed by atoms with E-state index in [0.717, 1.165) is 5.56 Å². The summed E-state index contributed by atoms with van der Waals surface area (Å²) in [6.45, 7) is 1.88. The van der Waals surface area contributed by atoms with E-state index in [-0.39, 0.29) is 12.2 Å². The Morgan fingerprint density at radius 2 is 2.12 bits per heavy atom. The molecule has 128 valence electrons. The third kappa shape index (κ3) is 3.61. The predicted octanol–water partition coefficient (Wildman–Crippen LogP) is 4.13. The van der Waals surface area contributed by atoms with Crippen molar-refractivity contribution in [2.75, 3.05) is 7.11 Å². The van der Waals surface area contributed by atoms with Crippen molar-refractivity contribution in [3.63, 3.8) is 0 Å². The van der Waals surface area contributed by atoms with E-state index in [0.29, 0.717) is 27.9 Å². The van der Waals surface area contributed by atoms with E-state index in [1.54, 1.807) is 40.9 Å². The summed E-state index contributed by atoms with van der Waals surface area (Å²) in [6, 6.07) is 8.43. The number of halogens is 1. The SMILES string of the molecule is COC(=O)Cc1nc2ccc(Cl)cn2c1N=Nc1cc(C)ccc1O. The molecular formula is C17H15ClN4O3. The zero-order chi connectivity index (χ0) is 18.0. The molecule has 1 N–H and O–H groups in total. The van der Waals surface area contributed by atoms with Crippen LogP contribution in [0.1, 0.15) is 11.3 Å². The fourth-order valence-electron chi connectivity index (χ4n) is 2.30. The lowest BCUT2D eigenvalue weighted by Crippen LogP contribution is -2.04. The maximum atomic E-state index is 11.6. The molecule has 0 saturated heterocycles. The fourth-order valence-corrected chi connectivity index (χ4v) is 2.46. The Bertz CT molecular complexity index is 981. The van der Waals surface area contributed by atoms with Crippen molar-refractivity contribution < 1.29 is 14.6 Å². The number of rotatable bonds is 4. The Hall–Kier alpha value is -2.93. The normalized spacial score (nSPS) is 11.3. The molecule has 0 aliphatic rings. The molecule has 0 radical (unpaired) electrons. The molecule has 0 aliphatic heterocycles. The van der Waals surface area contributed by atoms with Gasteiger partial charge < -0.3 is 9.84 Å². The number of phenolic OH excluding ortho intramolecular Hbond substituents is 1. The molecule has 0 aliphatic carbocycles. The van der Waals surface area contributed by atoms with Gasteiger partial charge in [0.15, 0.2) is 5.82 Å². The molecule has 2 aromatic heterocycles. The van der Waals surface area contributed by atoms with Crippen molar-refractivity contribution in [2.24, 2.45) is 10.2 Å². The zero-order valence-corrected chi connectivity index (χ0v) is 14.4. The minimum atomic E-state index is -0.440. The summed E-state index contributed by atoms with van der Waals surface area (Å²) in [4.78, 5) is 16.0. The number of pyridine rings is 1. The van der Waals surface area contributed by atoms with Gasteiger partial charge in [-0.15, -0.1) is 10.2 Å². The number of carbonyl (C=O) groups excluding carboxylic acids is 1. The number of aryl methyl sites for hydroxylation is 1. The van der Waals surface area contributed by atoms with Gasteiger partial charge in [-0.1, -0.05) is 17.7 Å². The summed E-state index contributed by atoms with van der Waals surface area (Å²) >= 11 is 6.04. The molecule has 25 heavy (non-hydrogen) atoms. The molecule has 8 heteroatoms. The summed E-state index contributed by atoms with van der Waals surface area (Å²) in [6.07, 6.45) is 1.58. The van der Waals surface area contributed by atoms with Crippen LogP contribution in [-0.4, -0.2) is 27.6 Å². The Balaban J connectivity index is 2.10. The second kappa shape index (κ2) is 6.90. The van der Waals surface area contributed by atoms with Crippen LogP contribution in [0.5, 0.6) is 5.75 Å².